The highest BCUT2D eigenvalue weighted by Crippen LogP contribution is 2.45. The predicted octanol–water partition coefficient (Wildman–Crippen LogP) is 17.4. The molecule has 0 amide bonds. The lowest BCUT2D eigenvalue weighted by molar-refractivity contribution is 0.618. The number of benzene rings is 9. The van der Waals surface area contributed by atoms with Gasteiger partial charge in [0.25, 0.3) is 0 Å². The van der Waals surface area contributed by atoms with Crippen molar-refractivity contribution in [3.05, 3.63) is 247 Å². The first kappa shape index (κ1) is 38.4. The third-order valence-electron chi connectivity index (χ3n) is 13.3. The van der Waals surface area contributed by atoms with Crippen LogP contribution in [0.3, 0.4) is 0 Å². The second-order valence-corrected chi connectivity index (χ2v) is 17.1. The van der Waals surface area contributed by atoms with Crippen LogP contribution in [0, 0.1) is 0 Å². The van der Waals surface area contributed by atoms with E-state index in [0.29, 0.717) is 5.92 Å². The Bertz CT molecular complexity index is 3150. The lowest BCUT2D eigenvalue weighted by Crippen LogP contribution is -2.18. The van der Waals surface area contributed by atoms with Crippen molar-refractivity contribution >= 4 is 38.5 Å². The van der Waals surface area contributed by atoms with Crippen LogP contribution in [0.2, 0.25) is 0 Å². The van der Waals surface area contributed by atoms with Crippen LogP contribution in [0.1, 0.15) is 49.1 Å². The van der Waals surface area contributed by atoms with Gasteiger partial charge in [-0.2, -0.15) is 0 Å². The van der Waals surface area contributed by atoms with Gasteiger partial charge in [0.15, 0.2) is 0 Å². The van der Waals surface area contributed by atoms with Gasteiger partial charge < -0.3 is 4.90 Å². The monoisotopic (exact) mass is 807 g/mol. The minimum Gasteiger partial charge on any atom is -0.314 e. The molecule has 11 rings (SSSR count). The molecule has 0 fully saturated rings. The Morgan fingerprint density at radius 3 is 1.52 bits per heavy atom. The average molecular weight is 808 g/mol. The molecule has 1 nitrogen and oxygen atoms in total. The average Bonchev–Trinajstić information content (AvgIpc) is 3.37. The van der Waals surface area contributed by atoms with Crippen LogP contribution in [0.5, 0.6) is 0 Å². The second kappa shape index (κ2) is 17.1. The molecule has 0 aromatic heterocycles. The Morgan fingerprint density at radius 1 is 0.381 bits per heavy atom. The van der Waals surface area contributed by atoms with Crippen molar-refractivity contribution in [3.8, 4) is 44.5 Å². The molecule has 0 spiro atoms. The molecule has 0 heterocycles. The first-order valence-corrected chi connectivity index (χ1v) is 22.5. The summed E-state index contributed by atoms with van der Waals surface area (Å²) in [5.74, 6) is 0.434. The maximum atomic E-state index is 2.53. The van der Waals surface area contributed by atoms with Gasteiger partial charge in [-0.25, -0.2) is 0 Å². The van der Waals surface area contributed by atoms with E-state index in [0.717, 1.165) is 32.1 Å². The molecule has 63 heavy (non-hydrogen) atoms. The number of hydrogen-bond donors (Lipinski definition) is 0. The summed E-state index contributed by atoms with van der Waals surface area (Å²) in [7, 11) is 0. The Labute approximate surface area is 371 Å². The largest absolute Gasteiger partial charge is 0.314 e. The molecule has 9 aromatic rings. The van der Waals surface area contributed by atoms with Crippen molar-refractivity contribution in [3.63, 3.8) is 0 Å². The Balaban J connectivity index is 1.01. The molecule has 0 aliphatic heterocycles. The summed E-state index contributed by atoms with van der Waals surface area (Å²) in [6.07, 6.45) is 14.7. The maximum Gasteiger partial charge on any atom is 0.0461 e. The van der Waals surface area contributed by atoms with Gasteiger partial charge in [0.05, 0.1) is 0 Å². The molecule has 0 saturated heterocycles. The summed E-state index contributed by atoms with van der Waals surface area (Å²) in [5, 5.41) is 5.21. The molecule has 0 bridgehead atoms. The van der Waals surface area contributed by atoms with E-state index in [4.69, 9.17) is 0 Å². The summed E-state index contributed by atoms with van der Waals surface area (Å²) in [6.45, 7) is 0. The summed E-state index contributed by atoms with van der Waals surface area (Å²) < 4.78 is 0. The van der Waals surface area contributed by atoms with Crippen LogP contribution >= 0.6 is 0 Å². The van der Waals surface area contributed by atoms with Crippen LogP contribution in [0.25, 0.3) is 71.6 Å². The van der Waals surface area contributed by atoms with E-state index in [2.05, 4.69) is 235 Å². The fraction of sp³-hybridized carbons (Fsp3) is 0.0968. The van der Waals surface area contributed by atoms with Gasteiger partial charge in [-0.15, -0.1) is 0 Å². The van der Waals surface area contributed by atoms with E-state index >= 15 is 0 Å². The van der Waals surface area contributed by atoms with Crippen molar-refractivity contribution < 1.29 is 0 Å². The first-order valence-electron chi connectivity index (χ1n) is 22.5. The molecule has 9 aromatic carbocycles. The summed E-state index contributed by atoms with van der Waals surface area (Å²) in [6, 6.07) is 76.1. The van der Waals surface area contributed by atoms with Crippen molar-refractivity contribution in [2.75, 3.05) is 4.90 Å². The van der Waals surface area contributed by atoms with Crippen LogP contribution < -0.4 is 4.90 Å². The van der Waals surface area contributed by atoms with Gasteiger partial charge >= 0.3 is 0 Å². The van der Waals surface area contributed by atoms with Crippen molar-refractivity contribution in [1.82, 2.24) is 0 Å². The summed E-state index contributed by atoms with van der Waals surface area (Å²) in [4.78, 5) is 2.53. The highest BCUT2D eigenvalue weighted by atomic mass is 15.1. The molecule has 1 heteroatoms. The highest BCUT2D eigenvalue weighted by molar-refractivity contribution is 6.14. The molecule has 0 radical (unpaired) electrons. The van der Waals surface area contributed by atoms with Gasteiger partial charge in [0.1, 0.15) is 0 Å². The first-order chi connectivity index (χ1) is 31.2. The number of nitrogens with zero attached hydrogens (tertiary/aromatic N) is 1. The van der Waals surface area contributed by atoms with Crippen molar-refractivity contribution in [2.45, 2.75) is 38.0 Å². The SMILES string of the molecule is C1=CC[C@@H](c2cc(N(C3=CC=C(c4ccc(-c5ccccc5)cc4)CC3)c3ccc(-c4ccc(-c5ccccc5)cc4)cc3)ccc2-c2cc3ccccc3c3ccccc23)CC1. The molecular formula is C62H49N. The number of allylic oxidation sites excluding steroid dienone is 6. The van der Waals surface area contributed by atoms with Crippen LogP contribution in [-0.2, 0) is 0 Å². The van der Waals surface area contributed by atoms with E-state index in [1.807, 2.05) is 0 Å². The smallest absolute Gasteiger partial charge is 0.0461 e. The quantitative estimate of drug-likeness (QED) is 0.104. The van der Waals surface area contributed by atoms with Crippen LogP contribution in [0.4, 0.5) is 11.4 Å². The molecular weight excluding hydrogens is 759 g/mol. The molecule has 0 unspecified atom stereocenters. The van der Waals surface area contributed by atoms with Crippen LogP contribution in [0.15, 0.2) is 236 Å². The van der Waals surface area contributed by atoms with Gasteiger partial charge in [0.2, 0.25) is 0 Å². The number of rotatable bonds is 9. The lowest BCUT2D eigenvalue weighted by Gasteiger charge is -2.32. The Hall–Kier alpha value is -7.48. The fourth-order valence-electron chi connectivity index (χ4n) is 9.96. The number of hydrogen-bond acceptors (Lipinski definition) is 1. The van der Waals surface area contributed by atoms with Crippen LogP contribution in [-0.4, -0.2) is 0 Å². The molecule has 2 aliphatic rings. The minimum atomic E-state index is 0.434. The van der Waals surface area contributed by atoms with Gasteiger partial charge in [-0.05, 0) is 157 Å². The zero-order chi connectivity index (χ0) is 42.0. The van der Waals surface area contributed by atoms with Gasteiger partial charge in [-0.3, -0.25) is 0 Å². The third kappa shape index (κ3) is 7.73. The maximum absolute atomic E-state index is 2.53. The predicted molar refractivity (Wildman–Crippen MR) is 269 cm³/mol. The highest BCUT2D eigenvalue weighted by Gasteiger charge is 2.24. The normalized spacial score (nSPS) is 15.0. The van der Waals surface area contributed by atoms with Gasteiger partial charge in [-0.1, -0.05) is 194 Å². The molecule has 1 atom stereocenters. The van der Waals surface area contributed by atoms with E-state index in [1.165, 1.54) is 99.8 Å². The fourth-order valence-corrected chi connectivity index (χ4v) is 9.96. The van der Waals surface area contributed by atoms with Crippen molar-refractivity contribution in [1.29, 1.82) is 0 Å². The second-order valence-electron chi connectivity index (χ2n) is 17.1. The standard InChI is InChI=1S/C62H49N/c1-4-14-44(15-5-1)46-24-28-48(29-25-46)50-32-36-54(37-33-50)63(55-38-34-51(35-39-55)49-30-26-47(27-31-49)45-16-6-2-7-17-45)56-40-41-60(61(43-56)52-18-8-3-9-19-52)62-42-53-20-10-11-21-57(53)58-22-12-13-23-59(58)62/h1-8,10-17,20-34,36-38,40-43,52H,9,18-19,35,39H2/t52-/m1/s1. The van der Waals surface area contributed by atoms with Gasteiger partial charge in [0, 0.05) is 17.1 Å². The van der Waals surface area contributed by atoms with E-state index in [9.17, 15) is 0 Å². The Morgan fingerprint density at radius 2 is 0.921 bits per heavy atom. The number of fused-ring (bicyclic) bond motifs is 3. The zero-order valence-corrected chi connectivity index (χ0v) is 35.5. The third-order valence-corrected chi connectivity index (χ3v) is 13.3. The molecule has 0 N–H and O–H groups in total. The zero-order valence-electron chi connectivity index (χ0n) is 35.5. The van der Waals surface area contributed by atoms with E-state index in [1.54, 1.807) is 0 Å². The Kier molecular flexibility index (Phi) is 10.4. The topological polar surface area (TPSA) is 3.24 Å². The number of anilines is 2. The lowest BCUT2D eigenvalue weighted by atomic mass is 9.81. The minimum absolute atomic E-state index is 0.434. The summed E-state index contributed by atoms with van der Waals surface area (Å²) in [5.41, 5.74) is 17.8. The molecule has 2 aliphatic carbocycles. The van der Waals surface area contributed by atoms with E-state index in [-0.39, 0.29) is 0 Å². The van der Waals surface area contributed by atoms with Crippen molar-refractivity contribution in [2.24, 2.45) is 0 Å². The molecule has 0 saturated carbocycles. The summed E-state index contributed by atoms with van der Waals surface area (Å²) >= 11 is 0. The van der Waals surface area contributed by atoms with E-state index < -0.39 is 0 Å². The molecule has 302 valence electrons.